The first-order valence-corrected chi connectivity index (χ1v) is 9.09. The minimum absolute atomic E-state index is 0.146. The van der Waals surface area contributed by atoms with Gasteiger partial charge < -0.3 is 20.5 Å². The number of anilines is 2. The molecule has 3 atom stereocenters. The fraction of sp³-hybridized carbons (Fsp3) is 0.526. The predicted octanol–water partition coefficient (Wildman–Crippen LogP) is 2.63. The minimum Gasteiger partial charge on any atom is -0.481 e. The van der Waals surface area contributed by atoms with E-state index in [2.05, 4.69) is 10.6 Å². The first kappa shape index (κ1) is 18.4. The molecule has 2 amide bonds. The van der Waals surface area contributed by atoms with Gasteiger partial charge in [-0.3, -0.25) is 14.4 Å². The SMILES string of the molecule is O=C(O)C1CCCC(C(=O)Nc2ccc(NC(=O)C3CCCO3)cc2)C1. The molecular formula is C19H24N2O5. The number of amides is 2. The van der Waals surface area contributed by atoms with Gasteiger partial charge in [-0.05, 0) is 56.4 Å². The van der Waals surface area contributed by atoms with Crippen molar-refractivity contribution in [2.24, 2.45) is 11.8 Å². The molecule has 7 heteroatoms. The van der Waals surface area contributed by atoms with Crippen LogP contribution >= 0.6 is 0 Å². The highest BCUT2D eigenvalue weighted by Gasteiger charge is 2.31. The maximum absolute atomic E-state index is 12.4. The number of carboxylic acid groups (broad SMARTS) is 1. The number of benzene rings is 1. The zero-order valence-corrected chi connectivity index (χ0v) is 14.6. The molecule has 1 heterocycles. The Bertz CT molecular complexity index is 667. The maximum atomic E-state index is 12.4. The van der Waals surface area contributed by atoms with Crippen molar-refractivity contribution in [1.29, 1.82) is 0 Å². The number of carbonyl (C=O) groups excluding carboxylic acids is 2. The number of carboxylic acids is 1. The van der Waals surface area contributed by atoms with Crippen molar-refractivity contribution in [3.63, 3.8) is 0 Å². The van der Waals surface area contributed by atoms with E-state index < -0.39 is 11.9 Å². The molecule has 7 nitrogen and oxygen atoms in total. The van der Waals surface area contributed by atoms with Crippen molar-refractivity contribution in [2.45, 2.75) is 44.6 Å². The van der Waals surface area contributed by atoms with E-state index >= 15 is 0 Å². The molecule has 1 aliphatic carbocycles. The van der Waals surface area contributed by atoms with Gasteiger partial charge in [0.1, 0.15) is 6.10 Å². The van der Waals surface area contributed by atoms with Gasteiger partial charge in [-0.1, -0.05) is 6.42 Å². The van der Waals surface area contributed by atoms with Crippen LogP contribution in [0.25, 0.3) is 0 Å². The van der Waals surface area contributed by atoms with E-state index in [4.69, 9.17) is 9.84 Å². The lowest BCUT2D eigenvalue weighted by molar-refractivity contribution is -0.143. The molecule has 140 valence electrons. The summed E-state index contributed by atoms with van der Waals surface area (Å²) < 4.78 is 5.35. The number of rotatable bonds is 5. The summed E-state index contributed by atoms with van der Waals surface area (Å²) >= 11 is 0. The number of hydrogen-bond acceptors (Lipinski definition) is 4. The molecule has 1 aromatic carbocycles. The van der Waals surface area contributed by atoms with Crippen LogP contribution in [0.1, 0.15) is 38.5 Å². The fourth-order valence-corrected chi connectivity index (χ4v) is 3.54. The Morgan fingerprint density at radius 2 is 1.50 bits per heavy atom. The number of aliphatic carboxylic acids is 1. The number of carbonyl (C=O) groups is 3. The standard InChI is InChI=1S/C19H24N2O5/c22-17(12-3-1-4-13(11-12)19(24)25)20-14-6-8-15(9-7-14)21-18(23)16-5-2-10-26-16/h6-9,12-13,16H,1-5,10-11H2,(H,20,22)(H,21,23)(H,24,25). The maximum Gasteiger partial charge on any atom is 0.306 e. The van der Waals surface area contributed by atoms with Crippen LogP contribution in [0.5, 0.6) is 0 Å². The normalized spacial score (nSPS) is 25.5. The Labute approximate surface area is 152 Å². The van der Waals surface area contributed by atoms with E-state index in [1.165, 1.54) is 0 Å². The van der Waals surface area contributed by atoms with Crippen molar-refractivity contribution in [3.05, 3.63) is 24.3 Å². The van der Waals surface area contributed by atoms with Crippen LogP contribution < -0.4 is 10.6 Å². The predicted molar refractivity (Wildman–Crippen MR) is 95.8 cm³/mol. The summed E-state index contributed by atoms with van der Waals surface area (Å²) in [5.74, 6) is -1.83. The molecule has 2 aliphatic rings. The van der Waals surface area contributed by atoms with Crippen LogP contribution in [0.2, 0.25) is 0 Å². The van der Waals surface area contributed by atoms with E-state index in [1.807, 2.05) is 0 Å². The monoisotopic (exact) mass is 360 g/mol. The summed E-state index contributed by atoms with van der Waals surface area (Å²) in [4.78, 5) is 35.5. The van der Waals surface area contributed by atoms with E-state index in [9.17, 15) is 14.4 Å². The lowest BCUT2D eigenvalue weighted by Gasteiger charge is -2.25. The Morgan fingerprint density at radius 3 is 2.08 bits per heavy atom. The fourth-order valence-electron chi connectivity index (χ4n) is 3.54. The van der Waals surface area contributed by atoms with Crippen molar-refractivity contribution in [1.82, 2.24) is 0 Å². The molecule has 0 spiro atoms. The third kappa shape index (κ3) is 4.60. The summed E-state index contributed by atoms with van der Waals surface area (Å²) in [5.41, 5.74) is 1.27. The molecule has 0 bridgehead atoms. The first-order chi connectivity index (χ1) is 12.5. The molecule has 2 fully saturated rings. The quantitative estimate of drug-likeness (QED) is 0.749. The molecule has 1 aromatic rings. The van der Waals surface area contributed by atoms with Crippen molar-refractivity contribution >= 4 is 29.2 Å². The van der Waals surface area contributed by atoms with Gasteiger partial charge in [-0.25, -0.2) is 0 Å². The Morgan fingerprint density at radius 1 is 0.885 bits per heavy atom. The van der Waals surface area contributed by atoms with Crippen LogP contribution in [0.3, 0.4) is 0 Å². The Hall–Kier alpha value is -2.41. The highest BCUT2D eigenvalue weighted by molar-refractivity contribution is 5.95. The molecule has 0 aromatic heterocycles. The second-order valence-electron chi connectivity index (χ2n) is 6.96. The van der Waals surface area contributed by atoms with Crippen LogP contribution in [-0.2, 0) is 19.1 Å². The van der Waals surface area contributed by atoms with E-state index in [-0.39, 0.29) is 23.8 Å². The molecule has 1 saturated carbocycles. The largest absolute Gasteiger partial charge is 0.481 e. The van der Waals surface area contributed by atoms with Gasteiger partial charge in [-0.15, -0.1) is 0 Å². The van der Waals surface area contributed by atoms with E-state index in [1.54, 1.807) is 24.3 Å². The molecule has 3 unspecified atom stereocenters. The van der Waals surface area contributed by atoms with Crippen LogP contribution in [0.4, 0.5) is 11.4 Å². The van der Waals surface area contributed by atoms with Crippen LogP contribution in [0.15, 0.2) is 24.3 Å². The van der Waals surface area contributed by atoms with Gasteiger partial charge in [-0.2, -0.15) is 0 Å². The highest BCUT2D eigenvalue weighted by atomic mass is 16.5. The summed E-state index contributed by atoms with van der Waals surface area (Å²) in [6.07, 6.45) is 3.73. The summed E-state index contributed by atoms with van der Waals surface area (Å²) in [6.45, 7) is 0.618. The van der Waals surface area contributed by atoms with Crippen molar-refractivity contribution < 1.29 is 24.2 Å². The topological polar surface area (TPSA) is 105 Å². The average molecular weight is 360 g/mol. The average Bonchev–Trinajstić information content (AvgIpc) is 3.18. The lowest BCUT2D eigenvalue weighted by Crippen LogP contribution is -2.30. The van der Waals surface area contributed by atoms with Gasteiger partial charge in [0.15, 0.2) is 0 Å². The second-order valence-corrected chi connectivity index (χ2v) is 6.96. The highest BCUT2D eigenvalue weighted by Crippen LogP contribution is 2.30. The van der Waals surface area contributed by atoms with Gasteiger partial charge >= 0.3 is 5.97 Å². The molecule has 1 aliphatic heterocycles. The minimum atomic E-state index is -0.825. The van der Waals surface area contributed by atoms with Crippen LogP contribution in [0, 0.1) is 11.8 Å². The molecule has 1 saturated heterocycles. The summed E-state index contributed by atoms with van der Waals surface area (Å²) in [5, 5.41) is 14.8. The molecule has 26 heavy (non-hydrogen) atoms. The van der Waals surface area contributed by atoms with Gasteiger partial charge in [0.25, 0.3) is 5.91 Å². The second kappa shape index (κ2) is 8.31. The zero-order chi connectivity index (χ0) is 18.5. The Kier molecular flexibility index (Phi) is 5.88. The number of nitrogens with one attached hydrogen (secondary N) is 2. The lowest BCUT2D eigenvalue weighted by atomic mass is 9.81. The Balaban J connectivity index is 1.52. The molecule has 3 rings (SSSR count). The molecule has 3 N–H and O–H groups in total. The van der Waals surface area contributed by atoms with Crippen molar-refractivity contribution in [2.75, 3.05) is 17.2 Å². The van der Waals surface area contributed by atoms with E-state index in [0.29, 0.717) is 37.2 Å². The van der Waals surface area contributed by atoms with Gasteiger partial charge in [0, 0.05) is 23.9 Å². The third-order valence-electron chi connectivity index (χ3n) is 5.04. The zero-order valence-electron chi connectivity index (χ0n) is 14.6. The number of hydrogen-bond donors (Lipinski definition) is 3. The molecule has 0 radical (unpaired) electrons. The smallest absolute Gasteiger partial charge is 0.306 e. The van der Waals surface area contributed by atoms with Gasteiger partial charge in [0.2, 0.25) is 5.91 Å². The molecular weight excluding hydrogens is 336 g/mol. The first-order valence-electron chi connectivity index (χ1n) is 9.09. The summed E-state index contributed by atoms with van der Waals surface area (Å²) in [6, 6.07) is 6.90. The van der Waals surface area contributed by atoms with Gasteiger partial charge in [0.05, 0.1) is 5.92 Å². The van der Waals surface area contributed by atoms with E-state index in [0.717, 1.165) is 19.3 Å². The van der Waals surface area contributed by atoms with Crippen molar-refractivity contribution in [3.8, 4) is 0 Å². The number of ether oxygens (including phenoxy) is 1. The summed E-state index contributed by atoms with van der Waals surface area (Å²) in [7, 11) is 0. The third-order valence-corrected chi connectivity index (χ3v) is 5.04. The van der Waals surface area contributed by atoms with Crippen LogP contribution in [-0.4, -0.2) is 35.6 Å².